The van der Waals surface area contributed by atoms with Gasteiger partial charge in [-0.1, -0.05) is 18.2 Å². The van der Waals surface area contributed by atoms with Crippen molar-refractivity contribution in [1.82, 2.24) is 9.88 Å². The first-order valence-corrected chi connectivity index (χ1v) is 8.25. The largest absolute Gasteiger partial charge is 0.351 e. The van der Waals surface area contributed by atoms with Gasteiger partial charge in [0.05, 0.1) is 6.54 Å². The lowest BCUT2D eigenvalue weighted by atomic mass is 10.1. The van der Waals surface area contributed by atoms with E-state index in [1.165, 1.54) is 17.0 Å². The SMILES string of the molecule is Cc1cccc(C)c1NC(=O)CN(C)C(=O)c1cc2cc(F)ccc2[nH]1. The molecule has 3 aromatic rings. The molecule has 0 spiro atoms. The third-order valence-corrected chi connectivity index (χ3v) is 4.29. The molecule has 3 rings (SSSR count). The number of likely N-dealkylation sites (N-methyl/N-ethyl adjacent to an activating group) is 1. The summed E-state index contributed by atoms with van der Waals surface area (Å²) < 4.78 is 13.3. The number of amides is 2. The lowest BCUT2D eigenvalue weighted by molar-refractivity contribution is -0.116. The van der Waals surface area contributed by atoms with Crippen molar-refractivity contribution in [3.05, 3.63) is 65.1 Å². The fraction of sp³-hybridized carbons (Fsp3) is 0.200. The molecule has 0 unspecified atom stereocenters. The number of H-pyrrole nitrogens is 1. The van der Waals surface area contributed by atoms with Gasteiger partial charge in [-0.25, -0.2) is 4.39 Å². The molecular formula is C20H20FN3O2. The van der Waals surface area contributed by atoms with E-state index in [9.17, 15) is 14.0 Å². The van der Waals surface area contributed by atoms with Crippen molar-refractivity contribution in [3.63, 3.8) is 0 Å². The summed E-state index contributed by atoms with van der Waals surface area (Å²) >= 11 is 0. The molecule has 1 heterocycles. The zero-order chi connectivity index (χ0) is 18.8. The second kappa shape index (κ2) is 7.00. The van der Waals surface area contributed by atoms with Gasteiger partial charge in [-0.15, -0.1) is 0 Å². The number of para-hydroxylation sites is 1. The summed E-state index contributed by atoms with van der Waals surface area (Å²) in [6, 6.07) is 11.6. The standard InChI is InChI=1S/C20H20FN3O2/c1-12-5-4-6-13(2)19(12)23-18(25)11-24(3)20(26)17-10-14-9-15(21)7-8-16(14)22-17/h4-10,22H,11H2,1-3H3,(H,23,25). The smallest absolute Gasteiger partial charge is 0.270 e. The Labute approximate surface area is 150 Å². The minimum Gasteiger partial charge on any atom is -0.351 e. The first-order chi connectivity index (χ1) is 12.3. The summed E-state index contributed by atoms with van der Waals surface area (Å²) in [6.45, 7) is 3.75. The number of fused-ring (bicyclic) bond motifs is 1. The Morgan fingerprint density at radius 3 is 2.50 bits per heavy atom. The van der Waals surface area contributed by atoms with Crippen molar-refractivity contribution in [2.75, 3.05) is 18.9 Å². The molecule has 0 atom stereocenters. The minimum absolute atomic E-state index is 0.0870. The van der Waals surface area contributed by atoms with E-state index < -0.39 is 0 Å². The Morgan fingerprint density at radius 2 is 1.81 bits per heavy atom. The fourth-order valence-corrected chi connectivity index (χ4v) is 2.90. The highest BCUT2D eigenvalue weighted by molar-refractivity contribution is 6.01. The van der Waals surface area contributed by atoms with Crippen molar-refractivity contribution in [2.45, 2.75) is 13.8 Å². The molecule has 0 saturated heterocycles. The van der Waals surface area contributed by atoms with E-state index in [4.69, 9.17) is 0 Å². The van der Waals surface area contributed by atoms with Crippen LogP contribution in [0.5, 0.6) is 0 Å². The monoisotopic (exact) mass is 353 g/mol. The van der Waals surface area contributed by atoms with Crippen LogP contribution in [0.15, 0.2) is 42.5 Å². The van der Waals surface area contributed by atoms with Crippen molar-refractivity contribution in [1.29, 1.82) is 0 Å². The highest BCUT2D eigenvalue weighted by Crippen LogP contribution is 2.20. The summed E-state index contributed by atoms with van der Waals surface area (Å²) in [5, 5.41) is 3.47. The van der Waals surface area contributed by atoms with Crippen LogP contribution in [-0.4, -0.2) is 35.3 Å². The van der Waals surface area contributed by atoms with Gasteiger partial charge < -0.3 is 15.2 Å². The number of rotatable bonds is 4. The van der Waals surface area contributed by atoms with Crippen LogP contribution < -0.4 is 5.32 Å². The molecule has 2 amide bonds. The summed E-state index contributed by atoms with van der Waals surface area (Å²) in [7, 11) is 1.55. The lowest BCUT2D eigenvalue weighted by Gasteiger charge is -2.17. The van der Waals surface area contributed by atoms with Gasteiger partial charge in [-0.05, 0) is 49.2 Å². The molecule has 0 aliphatic heterocycles. The molecule has 0 aliphatic carbocycles. The van der Waals surface area contributed by atoms with Crippen molar-refractivity contribution in [3.8, 4) is 0 Å². The van der Waals surface area contributed by atoms with E-state index in [0.29, 0.717) is 16.6 Å². The van der Waals surface area contributed by atoms with Crippen LogP contribution >= 0.6 is 0 Å². The molecule has 0 aliphatic rings. The zero-order valence-corrected chi connectivity index (χ0v) is 14.9. The van der Waals surface area contributed by atoms with Gasteiger partial charge >= 0.3 is 0 Å². The molecule has 6 heteroatoms. The Bertz CT molecular complexity index is 974. The number of aryl methyl sites for hydroxylation is 2. The number of carbonyl (C=O) groups excluding carboxylic acids is 2. The molecule has 2 aromatic carbocycles. The Morgan fingerprint density at radius 1 is 1.12 bits per heavy atom. The third-order valence-electron chi connectivity index (χ3n) is 4.29. The Balaban J connectivity index is 1.71. The predicted molar refractivity (Wildman–Crippen MR) is 99.8 cm³/mol. The van der Waals surface area contributed by atoms with Gasteiger partial charge in [-0.2, -0.15) is 0 Å². The maximum absolute atomic E-state index is 13.3. The number of benzene rings is 2. The summed E-state index contributed by atoms with van der Waals surface area (Å²) in [5.74, 6) is -0.976. The van der Waals surface area contributed by atoms with Crippen molar-refractivity contribution < 1.29 is 14.0 Å². The van der Waals surface area contributed by atoms with Gasteiger partial charge in [0.25, 0.3) is 5.91 Å². The van der Waals surface area contributed by atoms with Crippen LogP contribution in [0.4, 0.5) is 10.1 Å². The number of anilines is 1. The topological polar surface area (TPSA) is 65.2 Å². The average molecular weight is 353 g/mol. The second-order valence-corrected chi connectivity index (χ2v) is 6.39. The van der Waals surface area contributed by atoms with Crippen LogP contribution in [0.25, 0.3) is 10.9 Å². The summed E-state index contributed by atoms with van der Waals surface area (Å²) in [4.78, 5) is 29.1. The molecule has 0 bridgehead atoms. The molecular weight excluding hydrogens is 333 g/mol. The van der Waals surface area contributed by atoms with Gasteiger partial charge in [-0.3, -0.25) is 9.59 Å². The van der Waals surface area contributed by atoms with Gasteiger partial charge in [0.15, 0.2) is 0 Å². The average Bonchev–Trinajstić information content (AvgIpc) is 3.00. The number of hydrogen-bond donors (Lipinski definition) is 2. The lowest BCUT2D eigenvalue weighted by Crippen LogP contribution is -2.35. The van der Waals surface area contributed by atoms with Crippen molar-refractivity contribution >= 4 is 28.4 Å². The Kier molecular flexibility index (Phi) is 4.75. The number of aromatic nitrogens is 1. The van der Waals surface area contributed by atoms with Crippen LogP contribution in [0, 0.1) is 19.7 Å². The quantitative estimate of drug-likeness (QED) is 0.752. The predicted octanol–water partition coefficient (Wildman–Crippen LogP) is 3.63. The maximum atomic E-state index is 13.3. The van der Waals surface area contributed by atoms with E-state index in [0.717, 1.165) is 16.8 Å². The number of halogens is 1. The van der Waals surface area contributed by atoms with Crippen LogP contribution in [0.1, 0.15) is 21.6 Å². The van der Waals surface area contributed by atoms with Crippen LogP contribution in [0.3, 0.4) is 0 Å². The van der Waals surface area contributed by atoms with E-state index >= 15 is 0 Å². The molecule has 134 valence electrons. The molecule has 0 radical (unpaired) electrons. The summed E-state index contributed by atoms with van der Waals surface area (Å²) in [5.41, 5.74) is 3.67. The highest BCUT2D eigenvalue weighted by Gasteiger charge is 2.18. The van der Waals surface area contributed by atoms with E-state index in [2.05, 4.69) is 10.3 Å². The zero-order valence-electron chi connectivity index (χ0n) is 14.9. The number of aromatic amines is 1. The van der Waals surface area contributed by atoms with E-state index in [1.54, 1.807) is 19.2 Å². The van der Waals surface area contributed by atoms with Gasteiger partial charge in [0.1, 0.15) is 11.5 Å². The highest BCUT2D eigenvalue weighted by atomic mass is 19.1. The minimum atomic E-state index is -0.364. The summed E-state index contributed by atoms with van der Waals surface area (Å²) in [6.07, 6.45) is 0. The van der Waals surface area contributed by atoms with Crippen LogP contribution in [0.2, 0.25) is 0 Å². The third kappa shape index (κ3) is 3.59. The fourth-order valence-electron chi connectivity index (χ4n) is 2.90. The van der Waals surface area contributed by atoms with E-state index in [-0.39, 0.29) is 24.2 Å². The van der Waals surface area contributed by atoms with Crippen LogP contribution in [-0.2, 0) is 4.79 Å². The second-order valence-electron chi connectivity index (χ2n) is 6.39. The molecule has 0 saturated carbocycles. The number of hydrogen-bond acceptors (Lipinski definition) is 2. The van der Waals surface area contributed by atoms with Crippen molar-refractivity contribution in [2.24, 2.45) is 0 Å². The van der Waals surface area contributed by atoms with Gasteiger partial charge in [0, 0.05) is 23.6 Å². The number of carbonyl (C=O) groups is 2. The molecule has 0 fully saturated rings. The van der Waals surface area contributed by atoms with Gasteiger partial charge in [0.2, 0.25) is 5.91 Å². The molecule has 5 nitrogen and oxygen atoms in total. The molecule has 2 N–H and O–H groups in total. The first-order valence-electron chi connectivity index (χ1n) is 8.25. The normalized spacial score (nSPS) is 10.8. The maximum Gasteiger partial charge on any atom is 0.270 e. The first kappa shape index (κ1) is 17.7. The Hall–Kier alpha value is -3.15. The number of nitrogens with zero attached hydrogens (tertiary/aromatic N) is 1. The molecule has 1 aromatic heterocycles. The van der Waals surface area contributed by atoms with E-state index in [1.807, 2.05) is 32.0 Å². The molecule has 26 heavy (non-hydrogen) atoms. The number of nitrogens with one attached hydrogen (secondary N) is 2.